The van der Waals surface area contributed by atoms with E-state index in [1.807, 2.05) is 32.5 Å². The van der Waals surface area contributed by atoms with Crippen molar-refractivity contribution in [2.75, 3.05) is 5.75 Å². The van der Waals surface area contributed by atoms with Gasteiger partial charge in [0.05, 0.1) is 5.37 Å². The second-order valence-electron chi connectivity index (χ2n) is 4.33. The molecule has 0 bridgehead atoms. The van der Waals surface area contributed by atoms with Crippen molar-refractivity contribution >= 4 is 17.5 Å². The second kappa shape index (κ2) is 10.0. The van der Waals surface area contributed by atoms with Crippen LogP contribution in [0.4, 0.5) is 0 Å². The first-order valence-corrected chi connectivity index (χ1v) is 7.38. The highest BCUT2D eigenvalue weighted by molar-refractivity contribution is 8.00. The Morgan fingerprint density at radius 1 is 1.22 bits per heavy atom. The number of nitrogens with zero attached hydrogens (tertiary/aromatic N) is 1. The van der Waals surface area contributed by atoms with E-state index in [1.165, 1.54) is 16.9 Å². The van der Waals surface area contributed by atoms with Crippen LogP contribution in [0.5, 0.6) is 0 Å². The molecule has 0 amide bonds. The van der Waals surface area contributed by atoms with Gasteiger partial charge in [-0.3, -0.25) is 5.43 Å². The maximum Gasteiger partial charge on any atom is 0.0867 e. The molecule has 0 radical (unpaired) electrons. The largest absolute Gasteiger partial charge is 0.297 e. The molecule has 0 saturated carbocycles. The van der Waals surface area contributed by atoms with E-state index in [0.717, 1.165) is 5.75 Å². The lowest BCUT2D eigenvalue weighted by Gasteiger charge is -2.15. The van der Waals surface area contributed by atoms with E-state index in [0.29, 0.717) is 5.37 Å². The molecule has 2 nitrogen and oxygen atoms in total. The quantitative estimate of drug-likeness (QED) is 0.743. The first-order chi connectivity index (χ1) is 8.49. The summed E-state index contributed by atoms with van der Waals surface area (Å²) in [4.78, 5) is 0. The molecule has 18 heavy (non-hydrogen) atoms. The lowest BCUT2D eigenvalue weighted by Crippen LogP contribution is -2.24. The lowest BCUT2D eigenvalue weighted by atomic mass is 10.2. The van der Waals surface area contributed by atoms with Crippen LogP contribution in [0.3, 0.4) is 0 Å². The molecule has 1 aliphatic heterocycles. The molecule has 102 valence electrons. The third-order valence-corrected chi connectivity index (χ3v) is 3.69. The van der Waals surface area contributed by atoms with Crippen molar-refractivity contribution in [1.29, 1.82) is 0 Å². The highest BCUT2D eigenvalue weighted by Gasteiger charge is 2.05. The molecule has 0 aromatic heterocycles. The van der Waals surface area contributed by atoms with Gasteiger partial charge in [-0.1, -0.05) is 35.5 Å². The van der Waals surface area contributed by atoms with Crippen molar-refractivity contribution in [2.24, 2.45) is 5.10 Å². The number of hydrazone groups is 1. The summed E-state index contributed by atoms with van der Waals surface area (Å²) in [5, 5.41) is 4.56. The van der Waals surface area contributed by atoms with Crippen molar-refractivity contribution in [3.8, 4) is 0 Å². The molecule has 1 atom stereocenters. The SMILES string of the molecule is CC1=NNC(C)SC1.C\C=C(C)/C=C\C(C)=C\C. The maximum absolute atomic E-state index is 4.06. The highest BCUT2D eigenvalue weighted by atomic mass is 32.2. The van der Waals surface area contributed by atoms with Crippen LogP contribution in [0.15, 0.2) is 40.6 Å². The van der Waals surface area contributed by atoms with Gasteiger partial charge in [0.25, 0.3) is 0 Å². The number of nitrogens with one attached hydrogen (secondary N) is 1. The molecule has 0 saturated heterocycles. The third-order valence-electron chi connectivity index (χ3n) is 2.50. The van der Waals surface area contributed by atoms with Crippen molar-refractivity contribution in [2.45, 2.75) is 46.9 Å². The van der Waals surface area contributed by atoms with Crippen molar-refractivity contribution in [3.05, 3.63) is 35.5 Å². The van der Waals surface area contributed by atoms with Crippen LogP contribution < -0.4 is 5.43 Å². The van der Waals surface area contributed by atoms with E-state index in [2.05, 4.69) is 55.6 Å². The van der Waals surface area contributed by atoms with Gasteiger partial charge in [-0.05, 0) is 41.5 Å². The average Bonchev–Trinajstić information content (AvgIpc) is 2.39. The van der Waals surface area contributed by atoms with E-state index < -0.39 is 0 Å². The van der Waals surface area contributed by atoms with Gasteiger partial charge in [-0.15, -0.1) is 11.8 Å². The van der Waals surface area contributed by atoms with Crippen LogP contribution >= 0.6 is 11.8 Å². The summed E-state index contributed by atoms with van der Waals surface area (Å²) in [6.07, 6.45) is 8.43. The van der Waals surface area contributed by atoms with Crippen LogP contribution in [-0.2, 0) is 0 Å². The summed E-state index contributed by atoms with van der Waals surface area (Å²) >= 11 is 1.88. The predicted octanol–water partition coefficient (Wildman–Crippen LogP) is 4.52. The topological polar surface area (TPSA) is 24.4 Å². The van der Waals surface area contributed by atoms with E-state index in [1.54, 1.807) is 0 Å². The first kappa shape index (κ1) is 17.0. The highest BCUT2D eigenvalue weighted by Crippen LogP contribution is 2.10. The zero-order valence-electron chi connectivity index (χ0n) is 12.4. The predicted molar refractivity (Wildman–Crippen MR) is 86.2 cm³/mol. The normalized spacial score (nSPS) is 21.0. The second-order valence-corrected chi connectivity index (χ2v) is 5.66. The standard InChI is InChI=1S/C10H16.C5H10N2S/c1-5-9(3)7-8-10(4)6-2;1-4-3-8-5(2)7-6-4/h5-8H,1-4H3;5,7H,3H2,1-2H3/b8-7-,9-5-,10-6+;. The lowest BCUT2D eigenvalue weighted by molar-refractivity contribution is 0.728. The van der Waals surface area contributed by atoms with Crippen LogP contribution in [0.1, 0.15) is 41.5 Å². The fourth-order valence-electron chi connectivity index (χ4n) is 0.972. The van der Waals surface area contributed by atoms with Crippen molar-refractivity contribution in [1.82, 2.24) is 5.43 Å². The zero-order valence-corrected chi connectivity index (χ0v) is 13.3. The molecule has 0 fully saturated rings. The van der Waals surface area contributed by atoms with Gasteiger partial charge < -0.3 is 0 Å². The summed E-state index contributed by atoms with van der Waals surface area (Å²) in [6.45, 7) is 12.4. The number of hydrogen-bond acceptors (Lipinski definition) is 3. The Balaban J connectivity index is 0.000000327. The molecule has 1 heterocycles. The van der Waals surface area contributed by atoms with Gasteiger partial charge in [-0.25, -0.2) is 0 Å². The van der Waals surface area contributed by atoms with Crippen molar-refractivity contribution < 1.29 is 0 Å². The minimum Gasteiger partial charge on any atom is -0.297 e. The molecule has 1 N–H and O–H groups in total. The summed E-state index contributed by atoms with van der Waals surface area (Å²) in [6, 6.07) is 0. The maximum atomic E-state index is 4.06. The van der Waals surface area contributed by atoms with E-state index in [9.17, 15) is 0 Å². The Labute approximate surface area is 116 Å². The third kappa shape index (κ3) is 9.11. The molecule has 3 heteroatoms. The minimum atomic E-state index is 0.499. The van der Waals surface area contributed by atoms with Gasteiger partial charge >= 0.3 is 0 Å². The smallest absolute Gasteiger partial charge is 0.0867 e. The minimum absolute atomic E-state index is 0.499. The van der Waals surface area contributed by atoms with Gasteiger partial charge in [0, 0.05) is 11.5 Å². The zero-order chi connectivity index (χ0) is 14.0. The molecule has 0 aromatic rings. The summed E-state index contributed by atoms with van der Waals surface area (Å²) in [5.41, 5.74) is 6.78. The molecule has 0 aliphatic carbocycles. The Morgan fingerprint density at radius 3 is 2.00 bits per heavy atom. The number of thioether (sulfide) groups is 1. The van der Waals surface area contributed by atoms with Gasteiger partial charge in [-0.2, -0.15) is 5.10 Å². The number of hydrogen-bond donors (Lipinski definition) is 1. The van der Waals surface area contributed by atoms with Gasteiger partial charge in [0.1, 0.15) is 0 Å². The molecule has 1 unspecified atom stereocenters. The molecular weight excluding hydrogens is 240 g/mol. The molecule has 0 spiro atoms. The monoisotopic (exact) mass is 266 g/mol. The van der Waals surface area contributed by atoms with Crippen LogP contribution in [0.2, 0.25) is 0 Å². The average molecular weight is 266 g/mol. The Kier molecular flexibility index (Phi) is 9.47. The number of allylic oxidation sites excluding steroid dienone is 6. The Bertz CT molecular complexity index is 332. The van der Waals surface area contributed by atoms with E-state index in [4.69, 9.17) is 0 Å². The van der Waals surface area contributed by atoms with E-state index >= 15 is 0 Å². The van der Waals surface area contributed by atoms with Crippen molar-refractivity contribution in [3.63, 3.8) is 0 Å². The molecular formula is C15H26N2S. The van der Waals surface area contributed by atoms with Crippen LogP contribution in [0.25, 0.3) is 0 Å². The molecule has 1 rings (SSSR count). The fourth-order valence-corrected chi connectivity index (χ4v) is 1.65. The summed E-state index contributed by atoms with van der Waals surface area (Å²) in [7, 11) is 0. The van der Waals surface area contributed by atoms with Crippen LogP contribution in [0, 0.1) is 0 Å². The van der Waals surface area contributed by atoms with Gasteiger partial charge in [0.15, 0.2) is 0 Å². The molecule has 0 aromatic carbocycles. The van der Waals surface area contributed by atoms with Gasteiger partial charge in [0.2, 0.25) is 0 Å². The molecule has 1 aliphatic rings. The summed E-state index contributed by atoms with van der Waals surface area (Å²) < 4.78 is 0. The number of rotatable bonds is 2. The van der Waals surface area contributed by atoms with E-state index in [-0.39, 0.29) is 0 Å². The fraction of sp³-hybridized carbons (Fsp3) is 0.533. The summed E-state index contributed by atoms with van der Waals surface area (Å²) in [5.74, 6) is 1.08. The Hall–Kier alpha value is -0.960. The first-order valence-electron chi connectivity index (χ1n) is 6.33. The van der Waals surface area contributed by atoms with Crippen LogP contribution in [-0.4, -0.2) is 16.8 Å². The Morgan fingerprint density at radius 2 is 1.72 bits per heavy atom.